The molecule has 0 heterocycles. The molecule has 1 amide bonds. The third-order valence-electron chi connectivity index (χ3n) is 3.73. The molecule has 0 aliphatic heterocycles. The Morgan fingerprint density at radius 3 is 2.32 bits per heavy atom. The Morgan fingerprint density at radius 1 is 1.16 bits per heavy atom. The van der Waals surface area contributed by atoms with Gasteiger partial charge in [0.05, 0.1) is 6.54 Å². The van der Waals surface area contributed by atoms with Crippen LogP contribution < -0.4 is 10.6 Å². The van der Waals surface area contributed by atoms with Crippen molar-refractivity contribution in [3.8, 4) is 0 Å². The van der Waals surface area contributed by atoms with Crippen LogP contribution in [-0.2, 0) is 4.79 Å². The van der Waals surface area contributed by atoms with Gasteiger partial charge in [-0.3, -0.25) is 4.79 Å². The van der Waals surface area contributed by atoms with Crippen LogP contribution in [0.3, 0.4) is 0 Å². The summed E-state index contributed by atoms with van der Waals surface area (Å²) in [7, 11) is 0. The smallest absolute Gasteiger partial charge is 0.234 e. The zero-order chi connectivity index (χ0) is 14.9. The Bertz CT molecular complexity index is 249. The van der Waals surface area contributed by atoms with Gasteiger partial charge in [0, 0.05) is 12.6 Å². The molecule has 0 radical (unpaired) electrons. The highest BCUT2D eigenvalue weighted by atomic mass is 16.1. The van der Waals surface area contributed by atoms with E-state index in [1.165, 1.54) is 25.7 Å². The number of unbranched alkanes of at least 4 members (excludes halogenated alkanes) is 2. The van der Waals surface area contributed by atoms with Crippen LogP contribution in [0.2, 0.25) is 0 Å². The fourth-order valence-electron chi connectivity index (χ4n) is 1.93. The summed E-state index contributed by atoms with van der Waals surface area (Å²) in [5, 5.41) is 6.30. The van der Waals surface area contributed by atoms with Gasteiger partial charge in [-0.15, -0.1) is 0 Å². The highest BCUT2D eigenvalue weighted by Gasteiger charge is 2.17. The molecule has 0 saturated carbocycles. The molecule has 3 heteroatoms. The van der Waals surface area contributed by atoms with Gasteiger partial charge in [0.1, 0.15) is 0 Å². The minimum absolute atomic E-state index is 0.102. The average Bonchev–Trinajstić information content (AvgIpc) is 2.28. The molecule has 19 heavy (non-hydrogen) atoms. The maximum absolute atomic E-state index is 11.7. The maximum Gasteiger partial charge on any atom is 0.234 e. The van der Waals surface area contributed by atoms with Crippen molar-refractivity contribution < 1.29 is 4.79 Å². The van der Waals surface area contributed by atoms with E-state index in [0.717, 1.165) is 6.54 Å². The molecule has 2 N–H and O–H groups in total. The summed E-state index contributed by atoms with van der Waals surface area (Å²) in [6.07, 6.45) is 5.06. The van der Waals surface area contributed by atoms with E-state index in [9.17, 15) is 4.79 Å². The van der Waals surface area contributed by atoms with Crippen molar-refractivity contribution in [2.75, 3.05) is 13.1 Å². The fourth-order valence-corrected chi connectivity index (χ4v) is 1.93. The molecule has 1 unspecified atom stereocenters. The Morgan fingerprint density at radius 2 is 1.79 bits per heavy atom. The van der Waals surface area contributed by atoms with E-state index in [1.54, 1.807) is 0 Å². The van der Waals surface area contributed by atoms with E-state index in [-0.39, 0.29) is 17.4 Å². The van der Waals surface area contributed by atoms with Gasteiger partial charge in [0.15, 0.2) is 0 Å². The van der Waals surface area contributed by atoms with Crippen molar-refractivity contribution in [1.82, 2.24) is 10.6 Å². The molecule has 0 aliphatic rings. The third-order valence-corrected chi connectivity index (χ3v) is 3.73. The molecule has 0 saturated heterocycles. The van der Waals surface area contributed by atoms with Crippen molar-refractivity contribution in [3.63, 3.8) is 0 Å². The lowest BCUT2D eigenvalue weighted by Crippen LogP contribution is -2.43. The summed E-state index contributed by atoms with van der Waals surface area (Å²) in [6.45, 7) is 14.4. The van der Waals surface area contributed by atoms with Crippen molar-refractivity contribution >= 4 is 5.91 Å². The molecule has 114 valence electrons. The maximum atomic E-state index is 11.7. The molecule has 0 spiro atoms. The minimum atomic E-state index is 0.102. The molecule has 0 fully saturated rings. The van der Waals surface area contributed by atoms with Crippen LogP contribution in [0.1, 0.15) is 67.2 Å². The number of nitrogens with one attached hydrogen (secondary N) is 2. The summed E-state index contributed by atoms with van der Waals surface area (Å²) in [4.78, 5) is 11.7. The SMILES string of the molecule is CCCCCC(C)(C)CNCC(=O)NC(C)C(C)C. The van der Waals surface area contributed by atoms with Gasteiger partial charge < -0.3 is 10.6 Å². The van der Waals surface area contributed by atoms with Crippen molar-refractivity contribution in [2.24, 2.45) is 11.3 Å². The van der Waals surface area contributed by atoms with E-state index in [0.29, 0.717) is 12.5 Å². The van der Waals surface area contributed by atoms with Gasteiger partial charge >= 0.3 is 0 Å². The van der Waals surface area contributed by atoms with E-state index in [1.807, 2.05) is 0 Å². The van der Waals surface area contributed by atoms with Crippen LogP contribution in [-0.4, -0.2) is 25.0 Å². The Hall–Kier alpha value is -0.570. The predicted octanol–water partition coefficient (Wildman–Crippen LogP) is 3.34. The first-order chi connectivity index (χ1) is 8.78. The minimum Gasteiger partial charge on any atom is -0.352 e. The standard InChI is InChI=1S/C16H34N2O/c1-7-8-9-10-16(5,6)12-17-11-15(19)18-14(4)13(2)3/h13-14,17H,7-12H2,1-6H3,(H,18,19). The fraction of sp³-hybridized carbons (Fsp3) is 0.938. The summed E-state index contributed by atoms with van der Waals surface area (Å²) >= 11 is 0. The van der Waals surface area contributed by atoms with Crippen LogP contribution in [0.15, 0.2) is 0 Å². The molecular formula is C16H34N2O. The van der Waals surface area contributed by atoms with Crippen LogP contribution in [0.25, 0.3) is 0 Å². The second kappa shape index (κ2) is 9.35. The number of hydrogen-bond donors (Lipinski definition) is 2. The number of hydrogen-bond acceptors (Lipinski definition) is 2. The van der Waals surface area contributed by atoms with E-state index >= 15 is 0 Å². The largest absolute Gasteiger partial charge is 0.352 e. The Kier molecular flexibility index (Phi) is 9.07. The van der Waals surface area contributed by atoms with E-state index < -0.39 is 0 Å². The lowest BCUT2D eigenvalue weighted by molar-refractivity contribution is -0.121. The monoisotopic (exact) mass is 270 g/mol. The second-order valence-corrected chi connectivity index (χ2v) is 6.83. The molecule has 0 bridgehead atoms. The van der Waals surface area contributed by atoms with Gasteiger partial charge in [-0.2, -0.15) is 0 Å². The molecular weight excluding hydrogens is 236 g/mol. The van der Waals surface area contributed by atoms with Gasteiger partial charge in [-0.25, -0.2) is 0 Å². The van der Waals surface area contributed by atoms with Gasteiger partial charge in [0.2, 0.25) is 5.91 Å². The second-order valence-electron chi connectivity index (χ2n) is 6.83. The highest BCUT2D eigenvalue weighted by molar-refractivity contribution is 5.78. The molecule has 1 atom stereocenters. The first-order valence-corrected chi connectivity index (χ1v) is 7.78. The van der Waals surface area contributed by atoms with Gasteiger partial charge in [-0.05, 0) is 24.7 Å². The Balaban J connectivity index is 3.79. The van der Waals surface area contributed by atoms with Gasteiger partial charge in [0.25, 0.3) is 0 Å². The van der Waals surface area contributed by atoms with Crippen LogP contribution >= 0.6 is 0 Å². The highest BCUT2D eigenvalue weighted by Crippen LogP contribution is 2.22. The van der Waals surface area contributed by atoms with Crippen LogP contribution in [0.5, 0.6) is 0 Å². The first kappa shape index (κ1) is 18.4. The average molecular weight is 270 g/mol. The number of rotatable bonds is 10. The normalized spacial score (nSPS) is 13.6. The van der Waals surface area contributed by atoms with E-state index in [2.05, 4.69) is 52.2 Å². The molecule has 0 aromatic carbocycles. The third kappa shape index (κ3) is 9.94. The van der Waals surface area contributed by atoms with Crippen LogP contribution in [0.4, 0.5) is 0 Å². The molecule has 0 rings (SSSR count). The molecule has 0 aromatic rings. The van der Waals surface area contributed by atoms with Crippen molar-refractivity contribution in [3.05, 3.63) is 0 Å². The lowest BCUT2D eigenvalue weighted by atomic mass is 9.87. The van der Waals surface area contributed by atoms with Crippen molar-refractivity contribution in [2.45, 2.75) is 73.3 Å². The quantitative estimate of drug-likeness (QED) is 0.598. The number of carbonyl (C=O) groups is 1. The molecule has 3 nitrogen and oxygen atoms in total. The van der Waals surface area contributed by atoms with Crippen molar-refractivity contribution in [1.29, 1.82) is 0 Å². The summed E-state index contributed by atoms with van der Waals surface area (Å²) < 4.78 is 0. The predicted molar refractivity (Wildman–Crippen MR) is 83.2 cm³/mol. The lowest BCUT2D eigenvalue weighted by Gasteiger charge is -2.25. The van der Waals surface area contributed by atoms with Crippen LogP contribution in [0, 0.1) is 11.3 Å². The first-order valence-electron chi connectivity index (χ1n) is 7.78. The zero-order valence-corrected chi connectivity index (χ0v) is 13.8. The summed E-state index contributed by atoms with van der Waals surface area (Å²) in [6, 6.07) is 0.242. The molecule has 0 aliphatic carbocycles. The number of amides is 1. The molecule has 0 aromatic heterocycles. The van der Waals surface area contributed by atoms with E-state index in [4.69, 9.17) is 0 Å². The zero-order valence-electron chi connectivity index (χ0n) is 13.8. The summed E-state index contributed by atoms with van der Waals surface area (Å²) in [5.41, 5.74) is 0.277. The summed E-state index contributed by atoms with van der Waals surface area (Å²) in [5.74, 6) is 0.583. The Labute approximate surface area is 119 Å². The number of carbonyl (C=O) groups excluding carboxylic acids is 1. The topological polar surface area (TPSA) is 41.1 Å². The van der Waals surface area contributed by atoms with Gasteiger partial charge in [-0.1, -0.05) is 53.9 Å².